The highest BCUT2D eigenvalue weighted by atomic mass is 16.6. The number of benzene rings is 1. The van der Waals surface area contributed by atoms with Gasteiger partial charge in [-0.3, -0.25) is 0 Å². The summed E-state index contributed by atoms with van der Waals surface area (Å²) in [4.78, 5) is 0. The maximum absolute atomic E-state index is 6.23. The van der Waals surface area contributed by atoms with Crippen LogP contribution in [0.3, 0.4) is 0 Å². The second kappa shape index (κ2) is 5.05. The lowest BCUT2D eigenvalue weighted by Gasteiger charge is -2.28. The molecule has 3 nitrogen and oxygen atoms in total. The zero-order valence-corrected chi connectivity index (χ0v) is 13.5. The van der Waals surface area contributed by atoms with Crippen LogP contribution in [0.15, 0.2) is 18.2 Å². The summed E-state index contributed by atoms with van der Waals surface area (Å²) >= 11 is 0. The van der Waals surface area contributed by atoms with Crippen LogP contribution in [0.4, 0.5) is 0 Å². The van der Waals surface area contributed by atoms with Crippen molar-refractivity contribution in [3.8, 4) is 5.75 Å². The number of hydrogen-bond donors (Lipinski definition) is 1. The fraction of sp³-hybridized carbons (Fsp3) is 0.647. The minimum atomic E-state index is -0.268. The largest absolute Gasteiger partial charge is 0.487 e. The summed E-state index contributed by atoms with van der Waals surface area (Å²) in [5, 5.41) is 0. The second-order valence-electron chi connectivity index (χ2n) is 7.09. The van der Waals surface area contributed by atoms with Gasteiger partial charge in [-0.05, 0) is 58.7 Å². The Morgan fingerprint density at radius 1 is 1.30 bits per heavy atom. The molecular formula is C17H27NO2. The normalized spacial score (nSPS) is 25.4. The molecule has 0 amide bonds. The van der Waals surface area contributed by atoms with Gasteiger partial charge in [-0.15, -0.1) is 0 Å². The van der Waals surface area contributed by atoms with Crippen LogP contribution in [0, 0.1) is 6.92 Å². The van der Waals surface area contributed by atoms with Gasteiger partial charge in [-0.25, -0.2) is 0 Å². The van der Waals surface area contributed by atoms with E-state index < -0.39 is 0 Å². The molecule has 20 heavy (non-hydrogen) atoms. The quantitative estimate of drug-likeness (QED) is 0.915. The van der Waals surface area contributed by atoms with Gasteiger partial charge in [-0.2, -0.15) is 0 Å². The van der Waals surface area contributed by atoms with Crippen LogP contribution in [0.2, 0.25) is 0 Å². The molecule has 112 valence electrons. The molecule has 1 aromatic rings. The first kappa shape index (κ1) is 15.3. The third-order valence-corrected chi connectivity index (χ3v) is 3.99. The Hall–Kier alpha value is -1.06. The van der Waals surface area contributed by atoms with Gasteiger partial charge in [0.25, 0.3) is 0 Å². The van der Waals surface area contributed by atoms with Gasteiger partial charge in [-0.1, -0.05) is 12.1 Å². The predicted molar refractivity (Wildman–Crippen MR) is 82.1 cm³/mol. The van der Waals surface area contributed by atoms with Crippen LogP contribution in [0.5, 0.6) is 5.75 Å². The molecular weight excluding hydrogens is 250 g/mol. The molecule has 1 fully saturated rings. The number of nitrogens with two attached hydrogens (primary N) is 1. The van der Waals surface area contributed by atoms with Gasteiger partial charge in [0, 0.05) is 12.5 Å². The number of hydrogen-bond acceptors (Lipinski definition) is 3. The lowest BCUT2D eigenvalue weighted by atomic mass is 9.97. The number of aryl methyl sites for hydroxylation is 1. The first-order valence-corrected chi connectivity index (χ1v) is 7.34. The third kappa shape index (κ3) is 3.15. The van der Waals surface area contributed by atoms with E-state index in [0.717, 1.165) is 23.3 Å². The van der Waals surface area contributed by atoms with Crippen molar-refractivity contribution in [2.45, 2.75) is 71.3 Å². The Bertz CT molecular complexity index is 492. The molecule has 1 aliphatic rings. The maximum Gasteiger partial charge on any atom is 0.130 e. The monoisotopic (exact) mass is 277 g/mol. The standard InChI is InChI=1S/C17H27NO2/c1-11-9-13(12(2)18)7-8-14(11)19-15-10-16(3,4)20-17(15,5)6/h7-9,12,15H,10,18H2,1-6H3/t12-,15?/m1/s1. The van der Waals surface area contributed by atoms with E-state index in [2.05, 4.69) is 40.7 Å². The van der Waals surface area contributed by atoms with Crippen LogP contribution in [0.1, 0.15) is 58.2 Å². The van der Waals surface area contributed by atoms with Gasteiger partial charge < -0.3 is 15.2 Å². The molecule has 2 rings (SSSR count). The zero-order valence-electron chi connectivity index (χ0n) is 13.5. The molecule has 2 atom stereocenters. The Morgan fingerprint density at radius 2 is 1.95 bits per heavy atom. The van der Waals surface area contributed by atoms with Gasteiger partial charge in [0.15, 0.2) is 0 Å². The molecule has 0 aliphatic carbocycles. The summed E-state index contributed by atoms with van der Waals surface area (Å²) in [7, 11) is 0. The first-order chi connectivity index (χ1) is 9.11. The molecule has 2 N–H and O–H groups in total. The summed E-state index contributed by atoms with van der Waals surface area (Å²) < 4.78 is 12.3. The summed E-state index contributed by atoms with van der Waals surface area (Å²) in [5.74, 6) is 0.925. The molecule has 3 heteroatoms. The lowest BCUT2D eigenvalue weighted by molar-refractivity contribution is -0.0846. The summed E-state index contributed by atoms with van der Waals surface area (Å²) in [6, 6.07) is 6.22. The molecule has 0 spiro atoms. The highest BCUT2D eigenvalue weighted by Crippen LogP contribution is 2.40. The van der Waals surface area contributed by atoms with Gasteiger partial charge >= 0.3 is 0 Å². The van der Waals surface area contributed by atoms with Gasteiger partial charge in [0.05, 0.1) is 5.60 Å². The lowest BCUT2D eigenvalue weighted by Crippen LogP contribution is -2.36. The van der Waals surface area contributed by atoms with Gasteiger partial charge in [0.1, 0.15) is 17.5 Å². The molecule has 1 aromatic carbocycles. The Morgan fingerprint density at radius 3 is 2.40 bits per heavy atom. The molecule has 1 saturated heterocycles. The van der Waals surface area contributed by atoms with Crippen molar-refractivity contribution in [2.24, 2.45) is 5.73 Å². The Labute approximate surface area is 122 Å². The smallest absolute Gasteiger partial charge is 0.130 e. The van der Waals surface area contributed by atoms with Crippen molar-refractivity contribution in [2.75, 3.05) is 0 Å². The molecule has 1 unspecified atom stereocenters. The van der Waals surface area contributed by atoms with E-state index >= 15 is 0 Å². The van der Waals surface area contributed by atoms with Crippen LogP contribution in [-0.2, 0) is 4.74 Å². The van der Waals surface area contributed by atoms with Crippen LogP contribution < -0.4 is 10.5 Å². The van der Waals surface area contributed by atoms with Crippen LogP contribution >= 0.6 is 0 Å². The van der Waals surface area contributed by atoms with Crippen LogP contribution in [0.25, 0.3) is 0 Å². The molecule has 0 saturated carbocycles. The topological polar surface area (TPSA) is 44.5 Å². The van der Waals surface area contributed by atoms with E-state index in [-0.39, 0.29) is 23.3 Å². The molecule has 0 radical (unpaired) electrons. The van der Waals surface area contributed by atoms with Crippen molar-refractivity contribution in [3.05, 3.63) is 29.3 Å². The molecule has 1 heterocycles. The predicted octanol–water partition coefficient (Wildman–Crippen LogP) is 3.74. The molecule has 0 bridgehead atoms. The summed E-state index contributed by atoms with van der Waals surface area (Å²) in [5.41, 5.74) is 7.78. The van der Waals surface area contributed by atoms with Crippen LogP contribution in [-0.4, -0.2) is 17.3 Å². The van der Waals surface area contributed by atoms with Crippen molar-refractivity contribution in [1.29, 1.82) is 0 Å². The molecule has 0 aromatic heterocycles. The van der Waals surface area contributed by atoms with E-state index in [0.29, 0.717) is 0 Å². The van der Waals surface area contributed by atoms with E-state index in [9.17, 15) is 0 Å². The highest BCUT2D eigenvalue weighted by Gasteiger charge is 2.47. The maximum atomic E-state index is 6.23. The number of rotatable bonds is 3. The average molecular weight is 277 g/mol. The van der Waals surface area contributed by atoms with E-state index in [4.69, 9.17) is 15.2 Å². The van der Waals surface area contributed by atoms with E-state index in [1.165, 1.54) is 0 Å². The minimum Gasteiger partial charge on any atom is -0.487 e. The Balaban J connectivity index is 2.18. The molecule has 1 aliphatic heterocycles. The van der Waals surface area contributed by atoms with Crippen molar-refractivity contribution >= 4 is 0 Å². The summed E-state index contributed by atoms with van der Waals surface area (Å²) in [6.45, 7) is 12.5. The summed E-state index contributed by atoms with van der Waals surface area (Å²) in [6.07, 6.45) is 0.964. The van der Waals surface area contributed by atoms with E-state index in [1.807, 2.05) is 19.1 Å². The first-order valence-electron chi connectivity index (χ1n) is 7.34. The van der Waals surface area contributed by atoms with Crippen molar-refractivity contribution < 1.29 is 9.47 Å². The Kier molecular flexibility index (Phi) is 3.87. The van der Waals surface area contributed by atoms with E-state index in [1.54, 1.807) is 0 Å². The minimum absolute atomic E-state index is 0.0490. The van der Waals surface area contributed by atoms with Crippen molar-refractivity contribution in [3.63, 3.8) is 0 Å². The van der Waals surface area contributed by atoms with Crippen molar-refractivity contribution in [1.82, 2.24) is 0 Å². The SMILES string of the molecule is Cc1cc([C@@H](C)N)ccc1OC1CC(C)(C)OC1(C)C. The zero-order chi connectivity index (χ0) is 15.1. The third-order valence-electron chi connectivity index (χ3n) is 3.99. The second-order valence-corrected chi connectivity index (χ2v) is 7.09. The highest BCUT2D eigenvalue weighted by molar-refractivity contribution is 5.37. The fourth-order valence-electron chi connectivity index (χ4n) is 2.94. The number of ether oxygens (including phenoxy) is 2. The average Bonchev–Trinajstić information content (AvgIpc) is 2.49. The fourth-order valence-corrected chi connectivity index (χ4v) is 2.94. The van der Waals surface area contributed by atoms with Gasteiger partial charge in [0.2, 0.25) is 0 Å².